The smallest absolute Gasteiger partial charge is 0.0843 e. The van der Waals surface area contributed by atoms with Crippen LogP contribution in [-0.2, 0) is 12.8 Å². The predicted molar refractivity (Wildman–Crippen MR) is 101 cm³/mol. The van der Waals surface area contributed by atoms with Crippen molar-refractivity contribution in [3.05, 3.63) is 59.7 Å². The van der Waals surface area contributed by atoms with Crippen LogP contribution in [0.2, 0.25) is 0 Å². The van der Waals surface area contributed by atoms with Gasteiger partial charge in [0.05, 0.1) is 13.1 Å². The zero-order chi connectivity index (χ0) is 16.2. The molecule has 0 atom stereocenters. The van der Waals surface area contributed by atoms with Crippen LogP contribution < -0.4 is 4.90 Å². The zero-order valence-corrected chi connectivity index (χ0v) is 14.2. The summed E-state index contributed by atoms with van der Waals surface area (Å²) in [6.45, 7) is 4.10. The topological polar surface area (TPSA) is 6.48 Å². The Kier molecular flexibility index (Phi) is 4.53. The van der Waals surface area contributed by atoms with Gasteiger partial charge in [-0.15, -0.1) is 0 Å². The Morgan fingerprint density at radius 3 is 1.88 bits per heavy atom. The second kappa shape index (κ2) is 7.11. The lowest BCUT2D eigenvalue weighted by Gasteiger charge is -2.24. The van der Waals surface area contributed by atoms with Crippen LogP contribution in [0.25, 0.3) is 0 Å². The van der Waals surface area contributed by atoms with Gasteiger partial charge in [-0.05, 0) is 62.0 Å². The van der Waals surface area contributed by atoms with Crippen LogP contribution >= 0.6 is 0 Å². The molecule has 24 heavy (non-hydrogen) atoms. The van der Waals surface area contributed by atoms with Crippen molar-refractivity contribution in [2.45, 2.75) is 25.7 Å². The summed E-state index contributed by atoms with van der Waals surface area (Å²) in [7, 11) is 0. The Labute approximate surface area is 145 Å². The minimum Gasteiger partial charge on any atom is -0.329 e. The summed E-state index contributed by atoms with van der Waals surface area (Å²) < 4.78 is 0. The molecule has 0 amide bonds. The molecule has 0 aliphatic carbocycles. The number of hydrogen-bond donors (Lipinski definition) is 0. The molecule has 2 nitrogen and oxygen atoms in total. The molecule has 122 valence electrons. The number of rotatable bonds is 2. The fraction of sp³-hybridized carbons (Fsp3) is 0.364. The molecule has 0 N–H and O–H groups in total. The average Bonchev–Trinajstić information content (AvgIpc) is 3.09. The molecular weight excluding hydrogens is 292 g/mol. The quantitative estimate of drug-likeness (QED) is 0.772. The van der Waals surface area contributed by atoms with Gasteiger partial charge in [-0.1, -0.05) is 48.2 Å². The molecular formula is C22H24N2. The van der Waals surface area contributed by atoms with E-state index in [0.29, 0.717) is 0 Å². The molecule has 0 bridgehead atoms. The summed E-state index contributed by atoms with van der Waals surface area (Å²) in [5, 5.41) is 0. The second-order valence-corrected chi connectivity index (χ2v) is 6.68. The first-order valence-electron chi connectivity index (χ1n) is 9.03. The number of likely N-dealkylation sites (tertiary alicyclic amines) is 1. The van der Waals surface area contributed by atoms with E-state index in [9.17, 15) is 0 Å². The minimum atomic E-state index is 0.766. The molecule has 2 aromatic rings. The minimum absolute atomic E-state index is 0.766. The van der Waals surface area contributed by atoms with Crippen molar-refractivity contribution >= 4 is 11.4 Å². The van der Waals surface area contributed by atoms with E-state index in [1.807, 2.05) is 0 Å². The molecule has 2 aromatic carbocycles. The van der Waals surface area contributed by atoms with Gasteiger partial charge < -0.3 is 4.90 Å². The Balaban J connectivity index is 1.59. The highest BCUT2D eigenvalue weighted by Crippen LogP contribution is 2.35. The third kappa shape index (κ3) is 3.18. The molecule has 0 aromatic heterocycles. The van der Waals surface area contributed by atoms with Crippen LogP contribution in [0.3, 0.4) is 0 Å². The van der Waals surface area contributed by atoms with Gasteiger partial charge in [-0.25, -0.2) is 0 Å². The fourth-order valence-corrected chi connectivity index (χ4v) is 3.78. The van der Waals surface area contributed by atoms with Gasteiger partial charge in [0.2, 0.25) is 0 Å². The summed E-state index contributed by atoms with van der Waals surface area (Å²) >= 11 is 0. The Bertz CT molecular complexity index is 715. The van der Waals surface area contributed by atoms with Gasteiger partial charge in [0, 0.05) is 11.4 Å². The molecule has 2 heterocycles. The fourth-order valence-electron chi connectivity index (χ4n) is 3.78. The van der Waals surface area contributed by atoms with Crippen molar-refractivity contribution in [1.82, 2.24) is 4.90 Å². The molecule has 0 unspecified atom stereocenters. The van der Waals surface area contributed by atoms with Crippen molar-refractivity contribution < 1.29 is 0 Å². The third-order valence-corrected chi connectivity index (χ3v) is 5.09. The monoisotopic (exact) mass is 316 g/mol. The summed E-state index contributed by atoms with van der Waals surface area (Å²) in [6, 6.07) is 17.5. The molecule has 4 rings (SSSR count). The molecule has 1 fully saturated rings. The number of fused-ring (bicyclic) bond motifs is 2. The van der Waals surface area contributed by atoms with E-state index in [2.05, 4.69) is 70.2 Å². The van der Waals surface area contributed by atoms with Crippen molar-refractivity contribution in [2.75, 3.05) is 31.1 Å². The lowest BCUT2D eigenvalue weighted by atomic mass is 10.0. The highest BCUT2D eigenvalue weighted by Gasteiger charge is 2.19. The van der Waals surface area contributed by atoms with E-state index in [1.165, 1.54) is 48.4 Å². The van der Waals surface area contributed by atoms with Crippen LogP contribution in [-0.4, -0.2) is 31.1 Å². The average molecular weight is 316 g/mol. The molecule has 2 aliphatic heterocycles. The summed E-state index contributed by atoms with van der Waals surface area (Å²) in [5.74, 6) is 6.82. The maximum absolute atomic E-state index is 3.43. The Morgan fingerprint density at radius 1 is 0.708 bits per heavy atom. The third-order valence-electron chi connectivity index (χ3n) is 5.09. The van der Waals surface area contributed by atoms with Gasteiger partial charge >= 0.3 is 0 Å². The first-order chi connectivity index (χ1) is 11.9. The van der Waals surface area contributed by atoms with Gasteiger partial charge in [0.25, 0.3) is 0 Å². The van der Waals surface area contributed by atoms with Crippen molar-refractivity contribution in [2.24, 2.45) is 0 Å². The van der Waals surface area contributed by atoms with E-state index < -0.39 is 0 Å². The van der Waals surface area contributed by atoms with Crippen LogP contribution in [0.4, 0.5) is 11.4 Å². The highest BCUT2D eigenvalue weighted by molar-refractivity contribution is 5.71. The van der Waals surface area contributed by atoms with E-state index in [-0.39, 0.29) is 0 Å². The van der Waals surface area contributed by atoms with Gasteiger partial charge in [-0.3, -0.25) is 4.90 Å². The number of anilines is 2. The lowest BCUT2D eigenvalue weighted by molar-refractivity contribution is 0.383. The number of nitrogens with zero attached hydrogens (tertiary/aromatic N) is 2. The van der Waals surface area contributed by atoms with Crippen LogP contribution in [0.15, 0.2) is 48.5 Å². The summed E-state index contributed by atoms with van der Waals surface area (Å²) in [5.41, 5.74) is 5.49. The van der Waals surface area contributed by atoms with Gasteiger partial charge in [0.15, 0.2) is 0 Å². The second-order valence-electron chi connectivity index (χ2n) is 6.68. The number of para-hydroxylation sites is 2. The highest BCUT2D eigenvalue weighted by atomic mass is 15.1. The van der Waals surface area contributed by atoms with Gasteiger partial charge in [-0.2, -0.15) is 0 Å². The van der Waals surface area contributed by atoms with Crippen LogP contribution in [0.5, 0.6) is 0 Å². The number of hydrogen-bond acceptors (Lipinski definition) is 2. The SMILES string of the molecule is C(#CCN1c2ccccc2CCc2ccccc21)CN1CCCC1. The molecule has 2 heteroatoms. The molecule has 2 aliphatic rings. The van der Waals surface area contributed by atoms with Crippen LogP contribution in [0, 0.1) is 11.8 Å². The Morgan fingerprint density at radius 2 is 1.25 bits per heavy atom. The summed E-state index contributed by atoms with van der Waals surface area (Å²) in [4.78, 5) is 4.85. The number of benzene rings is 2. The van der Waals surface area contributed by atoms with E-state index in [1.54, 1.807) is 0 Å². The summed E-state index contributed by atoms with van der Waals surface area (Å²) in [6.07, 6.45) is 4.86. The predicted octanol–water partition coefficient (Wildman–Crippen LogP) is 4.02. The van der Waals surface area contributed by atoms with Crippen molar-refractivity contribution in [3.63, 3.8) is 0 Å². The molecule has 0 spiro atoms. The maximum atomic E-state index is 3.43. The molecule has 0 radical (unpaired) electrons. The molecule has 0 saturated carbocycles. The normalized spacial score (nSPS) is 16.8. The largest absolute Gasteiger partial charge is 0.329 e. The van der Waals surface area contributed by atoms with Crippen molar-refractivity contribution in [3.8, 4) is 11.8 Å². The molecule has 1 saturated heterocycles. The zero-order valence-electron chi connectivity index (χ0n) is 14.2. The maximum Gasteiger partial charge on any atom is 0.0843 e. The van der Waals surface area contributed by atoms with E-state index in [4.69, 9.17) is 0 Å². The van der Waals surface area contributed by atoms with Gasteiger partial charge in [0.1, 0.15) is 0 Å². The number of aryl methyl sites for hydroxylation is 2. The Hall–Kier alpha value is -2.24. The van der Waals surface area contributed by atoms with Crippen molar-refractivity contribution in [1.29, 1.82) is 0 Å². The standard InChI is InChI=1S/C22H24N2/c1-3-11-21-19(9-1)13-14-20-10-2-4-12-22(20)24(21)18-8-7-17-23-15-5-6-16-23/h1-4,9-12H,5-6,13-18H2. The lowest BCUT2D eigenvalue weighted by Crippen LogP contribution is -2.21. The van der Waals surface area contributed by atoms with Crippen LogP contribution in [0.1, 0.15) is 24.0 Å². The first-order valence-corrected chi connectivity index (χ1v) is 9.03. The van der Waals surface area contributed by atoms with E-state index in [0.717, 1.165) is 25.9 Å². The first kappa shape index (κ1) is 15.3. The van der Waals surface area contributed by atoms with E-state index >= 15 is 0 Å².